The standard InChI is InChI=1S/C17H16N4O2S2/c1-9-5-6-12-13(7-9)25-17(19-12)20-14(22)8-24-16-18-11-4-2-3-10(11)15(23)21-16/h5-7H,2-4,8H2,1H3,(H,18,21,23)(H,19,20,22). The number of anilines is 1. The highest BCUT2D eigenvalue weighted by atomic mass is 32.2. The van der Waals surface area contributed by atoms with Crippen LogP contribution in [0.2, 0.25) is 0 Å². The van der Waals surface area contributed by atoms with Gasteiger partial charge in [0.2, 0.25) is 5.91 Å². The van der Waals surface area contributed by atoms with Crippen molar-refractivity contribution in [1.82, 2.24) is 15.0 Å². The summed E-state index contributed by atoms with van der Waals surface area (Å²) in [6.07, 6.45) is 2.60. The molecule has 8 heteroatoms. The molecule has 2 aromatic heterocycles. The van der Waals surface area contributed by atoms with E-state index < -0.39 is 0 Å². The highest BCUT2D eigenvalue weighted by molar-refractivity contribution is 7.99. The van der Waals surface area contributed by atoms with Crippen molar-refractivity contribution < 1.29 is 4.79 Å². The lowest BCUT2D eigenvalue weighted by molar-refractivity contribution is -0.113. The zero-order valence-corrected chi connectivity index (χ0v) is 15.2. The lowest BCUT2D eigenvalue weighted by atomic mass is 10.2. The number of aromatic amines is 1. The molecule has 0 saturated carbocycles. The number of aromatic nitrogens is 3. The van der Waals surface area contributed by atoms with Crippen LogP contribution in [0.3, 0.4) is 0 Å². The Hall–Kier alpha value is -2.19. The number of thiazole rings is 1. The summed E-state index contributed by atoms with van der Waals surface area (Å²) in [6.45, 7) is 2.03. The molecule has 1 aliphatic carbocycles. The number of rotatable bonds is 4. The normalized spacial score (nSPS) is 13.2. The van der Waals surface area contributed by atoms with Crippen LogP contribution < -0.4 is 10.9 Å². The van der Waals surface area contributed by atoms with E-state index in [2.05, 4.69) is 26.3 Å². The molecule has 0 aliphatic heterocycles. The minimum absolute atomic E-state index is 0.0769. The Morgan fingerprint density at radius 3 is 3.12 bits per heavy atom. The minimum Gasteiger partial charge on any atom is -0.301 e. The van der Waals surface area contributed by atoms with Crippen LogP contribution in [0.4, 0.5) is 5.13 Å². The molecule has 2 heterocycles. The van der Waals surface area contributed by atoms with Crippen LogP contribution in [0.15, 0.2) is 28.2 Å². The molecule has 0 unspecified atom stereocenters. The van der Waals surface area contributed by atoms with Crippen LogP contribution in [-0.4, -0.2) is 26.6 Å². The van der Waals surface area contributed by atoms with E-state index in [0.29, 0.717) is 10.3 Å². The monoisotopic (exact) mass is 372 g/mol. The molecule has 1 aliphatic rings. The topological polar surface area (TPSA) is 87.7 Å². The Bertz CT molecular complexity index is 1030. The van der Waals surface area contributed by atoms with Gasteiger partial charge >= 0.3 is 0 Å². The fourth-order valence-corrected chi connectivity index (χ4v) is 4.52. The second kappa shape index (κ2) is 6.61. The Morgan fingerprint density at radius 1 is 1.36 bits per heavy atom. The van der Waals surface area contributed by atoms with Crippen molar-refractivity contribution in [2.45, 2.75) is 31.3 Å². The maximum absolute atomic E-state index is 12.2. The summed E-state index contributed by atoms with van der Waals surface area (Å²) < 4.78 is 1.05. The van der Waals surface area contributed by atoms with Crippen molar-refractivity contribution >= 4 is 44.4 Å². The van der Waals surface area contributed by atoms with Crippen LogP contribution in [-0.2, 0) is 17.6 Å². The van der Waals surface area contributed by atoms with Gasteiger partial charge in [-0.1, -0.05) is 29.2 Å². The second-order valence-corrected chi connectivity index (χ2v) is 7.97. The molecule has 2 N–H and O–H groups in total. The van der Waals surface area contributed by atoms with Crippen molar-refractivity contribution in [3.05, 3.63) is 45.4 Å². The summed E-state index contributed by atoms with van der Waals surface area (Å²) in [7, 11) is 0. The van der Waals surface area contributed by atoms with Gasteiger partial charge in [0.25, 0.3) is 5.56 Å². The Labute approximate surface area is 152 Å². The third-order valence-electron chi connectivity index (χ3n) is 4.05. The van der Waals surface area contributed by atoms with Gasteiger partial charge in [-0.25, -0.2) is 9.97 Å². The molecule has 1 aromatic carbocycles. The maximum Gasteiger partial charge on any atom is 0.254 e. The summed E-state index contributed by atoms with van der Waals surface area (Å²) in [5, 5.41) is 3.90. The molecule has 25 heavy (non-hydrogen) atoms. The third-order valence-corrected chi connectivity index (χ3v) is 5.86. The first-order valence-corrected chi connectivity index (χ1v) is 9.80. The first-order chi connectivity index (χ1) is 12.1. The van der Waals surface area contributed by atoms with Crippen LogP contribution in [0.25, 0.3) is 10.2 Å². The van der Waals surface area contributed by atoms with E-state index in [1.54, 1.807) is 0 Å². The summed E-state index contributed by atoms with van der Waals surface area (Å²) in [5.74, 6) is 0.0142. The van der Waals surface area contributed by atoms with Gasteiger partial charge < -0.3 is 10.3 Å². The summed E-state index contributed by atoms with van der Waals surface area (Å²) in [4.78, 5) is 35.8. The van der Waals surface area contributed by atoms with Gasteiger partial charge in [-0.2, -0.15) is 0 Å². The molecule has 4 rings (SSSR count). The zero-order chi connectivity index (χ0) is 17.4. The fourth-order valence-electron chi connectivity index (χ4n) is 2.86. The van der Waals surface area contributed by atoms with Crippen molar-refractivity contribution in [2.24, 2.45) is 0 Å². The molecule has 0 radical (unpaired) electrons. The van der Waals surface area contributed by atoms with E-state index >= 15 is 0 Å². The average Bonchev–Trinajstić information content (AvgIpc) is 3.19. The van der Waals surface area contributed by atoms with E-state index in [4.69, 9.17) is 0 Å². The van der Waals surface area contributed by atoms with Gasteiger partial charge in [0.15, 0.2) is 10.3 Å². The molecule has 0 fully saturated rings. The fraction of sp³-hybridized carbons (Fsp3) is 0.294. The van der Waals surface area contributed by atoms with Gasteiger partial charge in [0.05, 0.1) is 21.7 Å². The van der Waals surface area contributed by atoms with Crippen molar-refractivity contribution in [3.63, 3.8) is 0 Å². The van der Waals surface area contributed by atoms with Gasteiger partial charge in [0, 0.05) is 5.56 Å². The average molecular weight is 372 g/mol. The van der Waals surface area contributed by atoms with Crippen LogP contribution in [0, 0.1) is 6.92 Å². The van der Waals surface area contributed by atoms with Gasteiger partial charge in [-0.3, -0.25) is 9.59 Å². The van der Waals surface area contributed by atoms with Gasteiger partial charge in [0.1, 0.15) is 0 Å². The molecule has 1 amide bonds. The van der Waals surface area contributed by atoms with E-state index in [-0.39, 0.29) is 17.2 Å². The number of hydrogen-bond acceptors (Lipinski definition) is 6. The highest BCUT2D eigenvalue weighted by Gasteiger charge is 2.17. The zero-order valence-electron chi connectivity index (χ0n) is 13.6. The second-order valence-electron chi connectivity index (χ2n) is 5.98. The van der Waals surface area contributed by atoms with Gasteiger partial charge in [-0.15, -0.1) is 0 Å². The molecule has 0 spiro atoms. The largest absolute Gasteiger partial charge is 0.301 e. The van der Waals surface area contributed by atoms with Crippen molar-refractivity contribution in [3.8, 4) is 0 Å². The van der Waals surface area contributed by atoms with Crippen LogP contribution >= 0.6 is 23.1 Å². The number of carbonyl (C=O) groups is 1. The number of thioether (sulfide) groups is 1. The van der Waals surface area contributed by atoms with E-state index in [1.165, 1.54) is 23.1 Å². The van der Waals surface area contributed by atoms with Crippen molar-refractivity contribution in [2.75, 3.05) is 11.1 Å². The number of nitrogens with one attached hydrogen (secondary N) is 2. The number of benzene rings is 1. The smallest absolute Gasteiger partial charge is 0.254 e. The molecule has 0 saturated heterocycles. The SMILES string of the molecule is Cc1ccc2nc(NC(=O)CSc3nc4c(c(=O)[nH]3)CCC4)sc2c1. The van der Waals surface area contributed by atoms with Gasteiger partial charge in [-0.05, 0) is 43.9 Å². The summed E-state index contributed by atoms with van der Waals surface area (Å²) >= 11 is 2.69. The van der Waals surface area contributed by atoms with E-state index in [1.807, 2.05) is 19.1 Å². The van der Waals surface area contributed by atoms with Crippen LogP contribution in [0.1, 0.15) is 23.2 Å². The predicted octanol–water partition coefficient (Wildman–Crippen LogP) is 2.91. The number of amides is 1. The first-order valence-electron chi connectivity index (χ1n) is 8.00. The Balaban J connectivity index is 1.42. The molecule has 3 aromatic rings. The van der Waals surface area contributed by atoms with Crippen molar-refractivity contribution in [1.29, 1.82) is 0 Å². The quantitative estimate of drug-likeness (QED) is 0.543. The number of aryl methyl sites for hydroxylation is 2. The maximum atomic E-state index is 12.2. The Kier molecular flexibility index (Phi) is 4.30. The van der Waals surface area contributed by atoms with E-state index in [9.17, 15) is 9.59 Å². The predicted molar refractivity (Wildman–Crippen MR) is 101 cm³/mol. The van der Waals surface area contributed by atoms with Crippen LogP contribution in [0.5, 0.6) is 0 Å². The van der Waals surface area contributed by atoms with E-state index in [0.717, 1.165) is 46.3 Å². The molecular formula is C17H16N4O2S2. The molecule has 128 valence electrons. The lowest BCUT2D eigenvalue weighted by Crippen LogP contribution is -2.17. The third kappa shape index (κ3) is 3.45. The number of nitrogens with zero attached hydrogens (tertiary/aromatic N) is 2. The summed E-state index contributed by atoms with van der Waals surface area (Å²) in [5.41, 5.74) is 3.62. The first kappa shape index (κ1) is 16.3. The highest BCUT2D eigenvalue weighted by Crippen LogP contribution is 2.27. The minimum atomic E-state index is -0.163. The molecule has 0 bridgehead atoms. The number of fused-ring (bicyclic) bond motifs is 2. The molecule has 0 atom stereocenters. The number of H-pyrrole nitrogens is 1. The lowest BCUT2D eigenvalue weighted by Gasteiger charge is -2.03. The number of hydrogen-bond donors (Lipinski definition) is 2. The molecule has 6 nitrogen and oxygen atoms in total. The Morgan fingerprint density at radius 2 is 2.24 bits per heavy atom. The molecular weight excluding hydrogens is 356 g/mol. The number of carbonyl (C=O) groups excluding carboxylic acids is 1. The summed E-state index contributed by atoms with van der Waals surface area (Å²) in [6, 6.07) is 6.00.